The first-order valence-electron chi connectivity index (χ1n) is 7.05. The van der Waals surface area contributed by atoms with Crippen molar-refractivity contribution in [3.05, 3.63) is 30.1 Å². The summed E-state index contributed by atoms with van der Waals surface area (Å²) in [6, 6.07) is 6.89. The molecule has 0 spiro atoms. The zero-order valence-electron chi connectivity index (χ0n) is 12.9. The number of carbonyl (C=O) groups excluding carboxylic acids is 2. The van der Waals surface area contributed by atoms with Crippen LogP contribution in [0.3, 0.4) is 0 Å². The number of hydrogen-bond donors (Lipinski definition) is 2. The minimum Gasteiger partial charge on any atom is -0.385 e. The highest BCUT2D eigenvalue weighted by Gasteiger charge is 2.13. The van der Waals surface area contributed by atoms with Crippen LogP contribution in [0.25, 0.3) is 5.69 Å². The summed E-state index contributed by atoms with van der Waals surface area (Å²) >= 11 is 0. The fourth-order valence-corrected chi connectivity index (χ4v) is 1.87. The molecule has 0 atom stereocenters. The van der Waals surface area contributed by atoms with Gasteiger partial charge in [-0.05, 0) is 42.0 Å². The predicted octanol–water partition coefficient (Wildman–Crippen LogP) is 0.0619. The lowest BCUT2D eigenvalue weighted by Crippen LogP contribution is -2.36. The van der Waals surface area contributed by atoms with E-state index in [0.717, 1.165) is 0 Å². The molecule has 1 aromatic carbocycles. The van der Waals surface area contributed by atoms with Crippen LogP contribution in [0.1, 0.15) is 12.2 Å². The van der Waals surface area contributed by atoms with Crippen molar-refractivity contribution in [3.8, 4) is 5.69 Å². The third-order valence-corrected chi connectivity index (χ3v) is 2.99. The molecule has 122 valence electrons. The van der Waals surface area contributed by atoms with E-state index < -0.39 is 11.8 Å². The van der Waals surface area contributed by atoms with Gasteiger partial charge in [-0.2, -0.15) is 4.68 Å². The number of aromatic nitrogens is 4. The summed E-state index contributed by atoms with van der Waals surface area (Å²) in [7, 11) is 1.58. The van der Waals surface area contributed by atoms with E-state index in [1.165, 1.54) is 4.68 Å². The van der Waals surface area contributed by atoms with Crippen molar-refractivity contribution < 1.29 is 14.3 Å². The van der Waals surface area contributed by atoms with E-state index in [4.69, 9.17) is 4.74 Å². The highest BCUT2D eigenvalue weighted by atomic mass is 16.5. The standard InChI is InChI=1S/C14H18N6O3/c1-10-17-18-19-20(10)12-6-3-5-11(9-12)16-14(22)13(21)15-7-4-8-23-2/h3,5-6,9H,4,7-8H2,1-2H3,(H,15,21)(H,16,22). The molecule has 2 N–H and O–H groups in total. The maximum Gasteiger partial charge on any atom is 0.313 e. The van der Waals surface area contributed by atoms with Gasteiger partial charge in [0.1, 0.15) is 0 Å². The average molecular weight is 318 g/mol. The second kappa shape index (κ2) is 7.99. The fraction of sp³-hybridized carbons (Fsp3) is 0.357. The number of anilines is 1. The second-order valence-electron chi connectivity index (χ2n) is 4.74. The van der Waals surface area contributed by atoms with Crippen LogP contribution in [0, 0.1) is 6.92 Å². The molecule has 0 saturated carbocycles. The molecule has 2 amide bonds. The zero-order chi connectivity index (χ0) is 16.7. The Balaban J connectivity index is 1.96. The number of methoxy groups -OCH3 is 1. The molecule has 1 aromatic heterocycles. The number of tetrazole rings is 1. The number of nitrogens with one attached hydrogen (secondary N) is 2. The Bertz CT molecular complexity index is 685. The van der Waals surface area contributed by atoms with Crippen molar-refractivity contribution in [3.63, 3.8) is 0 Å². The monoisotopic (exact) mass is 318 g/mol. The van der Waals surface area contributed by atoms with Crippen LogP contribution in [0.15, 0.2) is 24.3 Å². The second-order valence-corrected chi connectivity index (χ2v) is 4.74. The minimum absolute atomic E-state index is 0.379. The quantitative estimate of drug-likeness (QED) is 0.575. The number of rotatable bonds is 6. The highest BCUT2D eigenvalue weighted by Crippen LogP contribution is 2.14. The van der Waals surface area contributed by atoms with E-state index in [-0.39, 0.29) is 0 Å². The van der Waals surface area contributed by atoms with E-state index in [1.54, 1.807) is 38.3 Å². The van der Waals surface area contributed by atoms with Gasteiger partial charge in [-0.1, -0.05) is 6.07 Å². The van der Waals surface area contributed by atoms with Crippen molar-refractivity contribution in [1.82, 2.24) is 25.5 Å². The van der Waals surface area contributed by atoms with Crippen molar-refractivity contribution in [1.29, 1.82) is 0 Å². The maximum absolute atomic E-state index is 11.8. The highest BCUT2D eigenvalue weighted by molar-refractivity contribution is 6.39. The van der Waals surface area contributed by atoms with Gasteiger partial charge >= 0.3 is 11.8 Å². The lowest BCUT2D eigenvalue weighted by atomic mass is 10.2. The summed E-state index contributed by atoms with van der Waals surface area (Å²) in [5.74, 6) is -0.803. The van der Waals surface area contributed by atoms with Gasteiger partial charge in [-0.25, -0.2) is 0 Å². The van der Waals surface area contributed by atoms with Gasteiger partial charge in [0.2, 0.25) is 0 Å². The largest absolute Gasteiger partial charge is 0.385 e. The van der Waals surface area contributed by atoms with Crippen molar-refractivity contribution in [2.75, 3.05) is 25.6 Å². The van der Waals surface area contributed by atoms with Gasteiger partial charge in [0.05, 0.1) is 5.69 Å². The maximum atomic E-state index is 11.8. The van der Waals surface area contributed by atoms with E-state index in [1.807, 2.05) is 0 Å². The van der Waals surface area contributed by atoms with Crippen LogP contribution >= 0.6 is 0 Å². The Morgan fingerprint density at radius 1 is 1.30 bits per heavy atom. The summed E-state index contributed by atoms with van der Waals surface area (Å²) in [5, 5.41) is 16.3. The molecule has 0 aliphatic rings. The Hall–Kier alpha value is -2.81. The lowest BCUT2D eigenvalue weighted by Gasteiger charge is -2.08. The van der Waals surface area contributed by atoms with Crippen molar-refractivity contribution in [2.24, 2.45) is 0 Å². The topological polar surface area (TPSA) is 111 Å². The number of benzene rings is 1. The number of hydrogen-bond acceptors (Lipinski definition) is 6. The molecular formula is C14H18N6O3. The van der Waals surface area contributed by atoms with Gasteiger partial charge < -0.3 is 15.4 Å². The van der Waals surface area contributed by atoms with E-state index in [2.05, 4.69) is 26.2 Å². The van der Waals surface area contributed by atoms with Crippen LogP contribution in [0.4, 0.5) is 5.69 Å². The lowest BCUT2D eigenvalue weighted by molar-refractivity contribution is -0.136. The number of amides is 2. The first kappa shape index (κ1) is 16.6. The number of nitrogens with zero attached hydrogens (tertiary/aromatic N) is 4. The summed E-state index contributed by atoms with van der Waals surface area (Å²) < 4.78 is 6.40. The number of carbonyl (C=O) groups is 2. The van der Waals surface area contributed by atoms with Crippen LogP contribution in [0.2, 0.25) is 0 Å². The Labute approximate surface area is 133 Å². The van der Waals surface area contributed by atoms with Crippen molar-refractivity contribution >= 4 is 17.5 Å². The molecule has 9 heteroatoms. The van der Waals surface area contributed by atoms with Gasteiger partial charge in [-0.15, -0.1) is 5.10 Å². The zero-order valence-corrected chi connectivity index (χ0v) is 12.9. The van der Waals surface area contributed by atoms with Crippen LogP contribution < -0.4 is 10.6 Å². The molecule has 0 unspecified atom stereocenters. The van der Waals surface area contributed by atoms with Gasteiger partial charge in [-0.3, -0.25) is 9.59 Å². The summed E-state index contributed by atoms with van der Waals surface area (Å²) in [5.41, 5.74) is 1.17. The van der Waals surface area contributed by atoms with Gasteiger partial charge in [0.25, 0.3) is 0 Å². The molecule has 0 saturated heterocycles. The van der Waals surface area contributed by atoms with E-state index in [9.17, 15) is 9.59 Å². The number of ether oxygens (including phenoxy) is 1. The van der Waals surface area contributed by atoms with Crippen LogP contribution in [-0.4, -0.2) is 52.3 Å². The molecule has 23 heavy (non-hydrogen) atoms. The molecular weight excluding hydrogens is 300 g/mol. The smallest absolute Gasteiger partial charge is 0.313 e. The molecule has 0 aliphatic carbocycles. The third-order valence-electron chi connectivity index (χ3n) is 2.99. The molecule has 2 aromatic rings. The number of aryl methyl sites for hydroxylation is 1. The summed E-state index contributed by atoms with van der Waals surface area (Å²) in [6.45, 7) is 2.66. The van der Waals surface area contributed by atoms with E-state index in [0.29, 0.717) is 36.8 Å². The van der Waals surface area contributed by atoms with E-state index >= 15 is 0 Å². The fourth-order valence-electron chi connectivity index (χ4n) is 1.87. The molecule has 2 rings (SSSR count). The van der Waals surface area contributed by atoms with Gasteiger partial charge in [0.15, 0.2) is 5.82 Å². The average Bonchev–Trinajstić information content (AvgIpc) is 2.97. The normalized spacial score (nSPS) is 10.3. The first-order valence-corrected chi connectivity index (χ1v) is 7.05. The molecule has 0 aliphatic heterocycles. The summed E-state index contributed by atoms with van der Waals surface area (Å²) in [4.78, 5) is 23.5. The third kappa shape index (κ3) is 4.58. The first-order chi connectivity index (χ1) is 11.1. The van der Waals surface area contributed by atoms with Crippen molar-refractivity contribution in [2.45, 2.75) is 13.3 Å². The summed E-state index contributed by atoms with van der Waals surface area (Å²) in [6.07, 6.45) is 0.642. The van der Waals surface area contributed by atoms with Gasteiger partial charge in [0, 0.05) is 25.9 Å². The Morgan fingerprint density at radius 3 is 2.83 bits per heavy atom. The SMILES string of the molecule is COCCCNC(=O)C(=O)Nc1cccc(-n2nnnc2C)c1. The molecule has 0 fully saturated rings. The molecule has 0 radical (unpaired) electrons. The molecule has 9 nitrogen and oxygen atoms in total. The molecule has 1 heterocycles. The minimum atomic E-state index is -0.729. The van der Waals surface area contributed by atoms with Crippen LogP contribution in [0.5, 0.6) is 0 Å². The molecule has 0 bridgehead atoms. The Kier molecular flexibility index (Phi) is 5.75. The predicted molar refractivity (Wildman–Crippen MR) is 82.0 cm³/mol. The van der Waals surface area contributed by atoms with Crippen LogP contribution in [-0.2, 0) is 14.3 Å². The Morgan fingerprint density at radius 2 is 2.13 bits per heavy atom.